The summed E-state index contributed by atoms with van der Waals surface area (Å²) in [7, 11) is 0. The van der Waals surface area contributed by atoms with E-state index in [0.29, 0.717) is 0 Å². The molecule has 1 aromatic carbocycles. The zero-order chi connectivity index (χ0) is 13.2. The summed E-state index contributed by atoms with van der Waals surface area (Å²) in [6.07, 6.45) is 0. The Morgan fingerprint density at radius 3 is 2.53 bits per heavy atom. The third-order valence-electron chi connectivity index (χ3n) is 2.27. The maximum atomic E-state index is 13.1. The van der Waals surface area contributed by atoms with Gasteiger partial charge in [-0.1, -0.05) is 0 Å². The highest BCUT2D eigenvalue weighted by molar-refractivity contribution is 5.49. The number of benzene rings is 1. The maximum absolute atomic E-state index is 13.1. The van der Waals surface area contributed by atoms with Gasteiger partial charge in [-0.2, -0.15) is 5.26 Å². The lowest BCUT2D eigenvalue weighted by molar-refractivity contribution is -0.0717. The number of halogens is 3. The minimum atomic E-state index is -3.77. The second kappa shape index (κ2) is 4.61. The molecule has 0 radical (unpaired) electrons. The summed E-state index contributed by atoms with van der Waals surface area (Å²) in [6, 6.07) is 1.04. The first-order valence-electron chi connectivity index (χ1n) is 4.51. The Kier molecular flexibility index (Phi) is 3.60. The Morgan fingerprint density at radius 2 is 2.06 bits per heavy atom. The molecule has 0 aromatic heterocycles. The zero-order valence-corrected chi connectivity index (χ0v) is 8.49. The van der Waals surface area contributed by atoms with Crippen LogP contribution in [0.25, 0.3) is 0 Å². The number of aliphatic hydroxyl groups excluding tert-OH is 1. The molecule has 0 unspecified atom stereocenters. The molecule has 1 atom stereocenters. The minimum absolute atomic E-state index is 0.371. The average molecular weight is 246 g/mol. The molecule has 0 amide bonds. The fraction of sp³-hybridized carbons (Fsp3) is 0.300. The van der Waals surface area contributed by atoms with Gasteiger partial charge in [0.15, 0.2) is 11.6 Å². The predicted octanol–water partition coefficient (Wildman–Crippen LogP) is 1.03. The van der Waals surface area contributed by atoms with Crippen LogP contribution in [0.1, 0.15) is 17.2 Å². The zero-order valence-electron chi connectivity index (χ0n) is 8.49. The van der Waals surface area contributed by atoms with Crippen molar-refractivity contribution in [2.75, 3.05) is 6.61 Å². The fourth-order valence-corrected chi connectivity index (χ4v) is 1.30. The van der Waals surface area contributed by atoms with Crippen molar-refractivity contribution in [1.29, 1.82) is 5.26 Å². The second-order valence-electron chi connectivity index (χ2n) is 3.37. The van der Waals surface area contributed by atoms with Gasteiger partial charge < -0.3 is 15.9 Å². The summed E-state index contributed by atoms with van der Waals surface area (Å²) in [5.41, 5.74) is 4.05. The van der Waals surface area contributed by atoms with Gasteiger partial charge in [-0.3, -0.25) is 0 Å². The predicted molar refractivity (Wildman–Crippen MR) is 51.7 cm³/mol. The number of nitrogens with zero attached hydrogens (tertiary/aromatic N) is 1. The number of hydrogen-bond donors (Lipinski definition) is 3. The standard InChI is InChI=1S/C10H9F3N2O2/c11-6-2-1-5(3-14)7(8(6)17)9(15)10(12,13)4-16/h1-2,9,16-17H,4,15H2/t9-/m1/s1. The van der Waals surface area contributed by atoms with Crippen molar-refractivity contribution in [1.82, 2.24) is 0 Å². The number of phenols is 1. The maximum Gasteiger partial charge on any atom is 0.289 e. The van der Waals surface area contributed by atoms with Crippen molar-refractivity contribution in [3.63, 3.8) is 0 Å². The third kappa shape index (κ3) is 2.33. The van der Waals surface area contributed by atoms with Gasteiger partial charge in [-0.25, -0.2) is 13.2 Å². The molecular formula is C10H9F3N2O2. The van der Waals surface area contributed by atoms with Crippen molar-refractivity contribution >= 4 is 0 Å². The molecule has 0 spiro atoms. The van der Waals surface area contributed by atoms with E-state index in [1.54, 1.807) is 0 Å². The first kappa shape index (κ1) is 13.3. The minimum Gasteiger partial charge on any atom is -0.505 e. The summed E-state index contributed by atoms with van der Waals surface area (Å²) in [5.74, 6) is -6.04. The number of phenolic OH excluding ortho intramolecular Hbond substituents is 1. The van der Waals surface area contributed by atoms with Crippen LogP contribution < -0.4 is 5.73 Å². The van der Waals surface area contributed by atoms with Gasteiger partial charge in [-0.15, -0.1) is 0 Å². The molecule has 4 nitrogen and oxygen atoms in total. The number of rotatable bonds is 3. The van der Waals surface area contributed by atoms with E-state index in [1.165, 1.54) is 6.07 Å². The van der Waals surface area contributed by atoms with Crippen molar-refractivity contribution in [2.45, 2.75) is 12.0 Å². The van der Waals surface area contributed by atoms with E-state index in [-0.39, 0.29) is 5.56 Å². The number of hydrogen-bond acceptors (Lipinski definition) is 4. The highest BCUT2D eigenvalue weighted by Gasteiger charge is 2.40. The average Bonchev–Trinajstić information content (AvgIpc) is 2.31. The van der Waals surface area contributed by atoms with E-state index in [4.69, 9.17) is 16.1 Å². The van der Waals surface area contributed by atoms with Crippen LogP contribution in [0.2, 0.25) is 0 Å². The van der Waals surface area contributed by atoms with E-state index in [2.05, 4.69) is 0 Å². The van der Waals surface area contributed by atoms with E-state index in [0.717, 1.165) is 12.1 Å². The van der Waals surface area contributed by atoms with Gasteiger partial charge in [0.05, 0.1) is 11.6 Å². The SMILES string of the molecule is N#Cc1ccc(F)c(O)c1[C@@H](N)C(F)(F)CO. The number of alkyl halides is 2. The van der Waals surface area contributed by atoms with Crippen LogP contribution in [0, 0.1) is 17.1 Å². The Morgan fingerprint density at radius 1 is 1.47 bits per heavy atom. The normalized spacial score (nSPS) is 13.2. The highest BCUT2D eigenvalue weighted by Crippen LogP contribution is 2.37. The van der Waals surface area contributed by atoms with Crippen molar-refractivity contribution in [3.05, 3.63) is 29.1 Å². The summed E-state index contributed by atoms with van der Waals surface area (Å²) in [5, 5.41) is 26.5. The van der Waals surface area contributed by atoms with Crippen LogP contribution in [0.4, 0.5) is 13.2 Å². The van der Waals surface area contributed by atoms with Crippen LogP contribution in [-0.2, 0) is 0 Å². The second-order valence-corrected chi connectivity index (χ2v) is 3.37. The number of nitriles is 1. The Labute approximate surface area is 94.7 Å². The van der Waals surface area contributed by atoms with Gasteiger partial charge in [0.25, 0.3) is 5.92 Å². The van der Waals surface area contributed by atoms with Crippen LogP contribution in [0.15, 0.2) is 12.1 Å². The van der Waals surface area contributed by atoms with Crippen LogP contribution in [0.3, 0.4) is 0 Å². The molecule has 0 saturated carbocycles. The van der Waals surface area contributed by atoms with E-state index in [1.807, 2.05) is 0 Å². The van der Waals surface area contributed by atoms with Crippen molar-refractivity contribution < 1.29 is 23.4 Å². The third-order valence-corrected chi connectivity index (χ3v) is 2.27. The lowest BCUT2D eigenvalue weighted by Crippen LogP contribution is -2.36. The van der Waals surface area contributed by atoms with E-state index in [9.17, 15) is 18.3 Å². The first-order valence-corrected chi connectivity index (χ1v) is 4.51. The van der Waals surface area contributed by atoms with Gasteiger partial charge >= 0.3 is 0 Å². The van der Waals surface area contributed by atoms with Gasteiger partial charge in [0.2, 0.25) is 0 Å². The molecular weight excluding hydrogens is 237 g/mol. The summed E-state index contributed by atoms with van der Waals surface area (Å²) >= 11 is 0. The van der Waals surface area contributed by atoms with Crippen molar-refractivity contribution in [2.24, 2.45) is 5.73 Å². The Balaban J connectivity index is 3.40. The monoisotopic (exact) mass is 246 g/mol. The summed E-state index contributed by atoms with van der Waals surface area (Å²) < 4.78 is 39.3. The molecule has 7 heteroatoms. The number of aromatic hydroxyl groups is 1. The molecule has 0 aliphatic heterocycles. The lowest BCUT2D eigenvalue weighted by atomic mass is 9.95. The smallest absolute Gasteiger partial charge is 0.289 e. The molecule has 1 aromatic rings. The molecule has 0 fully saturated rings. The van der Waals surface area contributed by atoms with Crippen LogP contribution >= 0.6 is 0 Å². The topological polar surface area (TPSA) is 90.3 Å². The number of nitrogens with two attached hydrogens (primary N) is 1. The van der Waals surface area contributed by atoms with Gasteiger partial charge in [0.1, 0.15) is 12.6 Å². The van der Waals surface area contributed by atoms with Gasteiger partial charge in [0, 0.05) is 5.56 Å². The molecule has 0 aliphatic rings. The molecule has 4 N–H and O–H groups in total. The largest absolute Gasteiger partial charge is 0.505 e. The molecule has 1 rings (SSSR count). The van der Waals surface area contributed by atoms with Crippen molar-refractivity contribution in [3.8, 4) is 11.8 Å². The van der Waals surface area contributed by atoms with Gasteiger partial charge in [-0.05, 0) is 12.1 Å². The summed E-state index contributed by atoms with van der Waals surface area (Å²) in [6.45, 7) is -1.57. The van der Waals surface area contributed by atoms with E-state index < -0.39 is 35.7 Å². The molecule has 0 aliphatic carbocycles. The molecule has 92 valence electrons. The fourth-order valence-electron chi connectivity index (χ4n) is 1.30. The van der Waals surface area contributed by atoms with Crippen LogP contribution in [-0.4, -0.2) is 22.7 Å². The first-order chi connectivity index (χ1) is 7.85. The lowest BCUT2D eigenvalue weighted by Gasteiger charge is -2.23. The molecule has 17 heavy (non-hydrogen) atoms. The highest BCUT2D eigenvalue weighted by atomic mass is 19.3. The summed E-state index contributed by atoms with van der Waals surface area (Å²) in [4.78, 5) is 0. The molecule has 0 heterocycles. The number of aliphatic hydroxyl groups is 1. The van der Waals surface area contributed by atoms with Crippen LogP contribution in [0.5, 0.6) is 5.75 Å². The Hall–Kier alpha value is -1.78. The molecule has 0 bridgehead atoms. The quantitative estimate of drug-likeness (QED) is 0.743. The molecule has 0 saturated heterocycles. The van der Waals surface area contributed by atoms with E-state index >= 15 is 0 Å². The Bertz CT molecular complexity index is 471.